The lowest BCUT2D eigenvalue weighted by Gasteiger charge is -2.36. The van der Waals surface area contributed by atoms with Gasteiger partial charge >= 0.3 is 0 Å². The second kappa shape index (κ2) is 7.18. The summed E-state index contributed by atoms with van der Waals surface area (Å²) in [6, 6.07) is 17.9. The van der Waals surface area contributed by atoms with Gasteiger partial charge in [0.25, 0.3) is 0 Å². The zero-order valence-corrected chi connectivity index (χ0v) is 14.0. The Bertz CT molecular complexity index is 645. The molecule has 0 unspecified atom stereocenters. The van der Waals surface area contributed by atoms with Gasteiger partial charge in [-0.25, -0.2) is 0 Å². The molecule has 3 heteroatoms. The van der Waals surface area contributed by atoms with Gasteiger partial charge in [0.1, 0.15) is 0 Å². The van der Waals surface area contributed by atoms with Crippen LogP contribution in [0.3, 0.4) is 0 Å². The first-order valence-corrected chi connectivity index (χ1v) is 8.67. The molecule has 3 rings (SSSR count). The Morgan fingerprint density at radius 1 is 0.957 bits per heavy atom. The first-order valence-electron chi connectivity index (χ1n) is 8.29. The Kier molecular flexibility index (Phi) is 5.02. The summed E-state index contributed by atoms with van der Waals surface area (Å²) in [7, 11) is 0. The van der Waals surface area contributed by atoms with E-state index < -0.39 is 0 Å². The van der Waals surface area contributed by atoms with E-state index in [0.717, 1.165) is 36.8 Å². The summed E-state index contributed by atoms with van der Waals surface area (Å²) in [6.45, 7) is 0.546. The molecule has 2 aromatic carbocycles. The highest BCUT2D eigenvalue weighted by Crippen LogP contribution is 2.39. The number of hydrogen-bond donors (Lipinski definition) is 1. The number of carbonyl (C=O) groups excluding carboxylic acids is 1. The first kappa shape index (κ1) is 16.1. The molecule has 1 amide bonds. The van der Waals surface area contributed by atoms with E-state index in [0.29, 0.717) is 11.6 Å². The van der Waals surface area contributed by atoms with Crippen LogP contribution in [0.1, 0.15) is 43.2 Å². The minimum Gasteiger partial charge on any atom is -0.351 e. The van der Waals surface area contributed by atoms with Crippen molar-refractivity contribution in [3.05, 3.63) is 70.7 Å². The van der Waals surface area contributed by atoms with Crippen LogP contribution in [0.5, 0.6) is 0 Å². The maximum absolute atomic E-state index is 13.0. The maximum Gasteiger partial charge on any atom is 0.230 e. The fourth-order valence-electron chi connectivity index (χ4n) is 3.51. The minimum atomic E-state index is -0.369. The highest BCUT2D eigenvalue weighted by molar-refractivity contribution is 6.30. The molecule has 1 fully saturated rings. The second-order valence-corrected chi connectivity index (χ2v) is 6.75. The standard InChI is InChI=1S/C20H22ClNO/c21-18-11-9-16(10-12-18)15-22-19(23)20(13-5-2-6-14-20)17-7-3-1-4-8-17/h1,3-4,7-12H,2,5-6,13-15H2,(H,22,23). The number of nitrogens with one attached hydrogen (secondary N) is 1. The molecule has 0 aromatic heterocycles. The van der Waals surface area contributed by atoms with Crippen molar-refractivity contribution in [3.8, 4) is 0 Å². The molecule has 0 bridgehead atoms. The minimum absolute atomic E-state index is 0.151. The van der Waals surface area contributed by atoms with Gasteiger partial charge in [-0.1, -0.05) is 73.3 Å². The van der Waals surface area contributed by atoms with E-state index in [1.165, 1.54) is 6.42 Å². The van der Waals surface area contributed by atoms with Gasteiger partial charge in [0.15, 0.2) is 0 Å². The molecule has 2 nitrogen and oxygen atoms in total. The molecule has 23 heavy (non-hydrogen) atoms. The van der Waals surface area contributed by atoms with E-state index in [9.17, 15) is 4.79 Å². The molecule has 0 radical (unpaired) electrons. The fourth-order valence-corrected chi connectivity index (χ4v) is 3.64. The molecular formula is C20H22ClNO. The van der Waals surface area contributed by atoms with E-state index in [1.807, 2.05) is 42.5 Å². The second-order valence-electron chi connectivity index (χ2n) is 6.32. The number of benzene rings is 2. The Labute approximate surface area is 142 Å². The summed E-state index contributed by atoms with van der Waals surface area (Å²) in [5, 5.41) is 3.86. The van der Waals surface area contributed by atoms with Crippen LogP contribution in [-0.2, 0) is 16.8 Å². The number of rotatable bonds is 4. The monoisotopic (exact) mass is 327 g/mol. The van der Waals surface area contributed by atoms with Crippen LogP contribution < -0.4 is 5.32 Å². The lowest BCUT2D eigenvalue weighted by atomic mass is 9.68. The average molecular weight is 328 g/mol. The van der Waals surface area contributed by atoms with Gasteiger partial charge in [-0.15, -0.1) is 0 Å². The van der Waals surface area contributed by atoms with Crippen LogP contribution in [0.25, 0.3) is 0 Å². The van der Waals surface area contributed by atoms with Crippen LogP contribution in [0.15, 0.2) is 54.6 Å². The van der Waals surface area contributed by atoms with Crippen LogP contribution in [0.4, 0.5) is 0 Å². The Balaban J connectivity index is 1.77. The molecule has 0 spiro atoms. The first-order chi connectivity index (χ1) is 11.2. The van der Waals surface area contributed by atoms with Crippen molar-refractivity contribution in [1.29, 1.82) is 0 Å². The molecule has 1 saturated carbocycles. The third-order valence-corrected chi connectivity index (χ3v) is 5.09. The summed E-state index contributed by atoms with van der Waals surface area (Å²) >= 11 is 5.91. The lowest BCUT2D eigenvalue weighted by molar-refractivity contribution is -0.128. The Morgan fingerprint density at radius 2 is 1.61 bits per heavy atom. The molecule has 0 aliphatic heterocycles. The van der Waals surface area contributed by atoms with Crippen molar-refractivity contribution in [2.75, 3.05) is 0 Å². The number of hydrogen-bond acceptors (Lipinski definition) is 1. The summed E-state index contributed by atoms with van der Waals surface area (Å²) in [5.41, 5.74) is 1.85. The predicted octanol–water partition coefficient (Wildman–Crippen LogP) is 4.86. The number of amides is 1. The van der Waals surface area contributed by atoms with Gasteiger partial charge in [-0.3, -0.25) is 4.79 Å². The smallest absolute Gasteiger partial charge is 0.230 e. The van der Waals surface area contributed by atoms with Crippen LogP contribution in [0, 0.1) is 0 Å². The highest BCUT2D eigenvalue weighted by atomic mass is 35.5. The van der Waals surface area contributed by atoms with Gasteiger partial charge in [-0.05, 0) is 36.1 Å². The van der Waals surface area contributed by atoms with Crippen LogP contribution >= 0.6 is 11.6 Å². The molecule has 0 heterocycles. The van der Waals surface area contributed by atoms with Crippen molar-refractivity contribution in [2.45, 2.75) is 44.1 Å². The molecule has 1 aliphatic carbocycles. The zero-order chi connectivity index (χ0) is 16.1. The van der Waals surface area contributed by atoms with Crippen molar-refractivity contribution in [2.24, 2.45) is 0 Å². The van der Waals surface area contributed by atoms with Crippen molar-refractivity contribution in [3.63, 3.8) is 0 Å². The molecule has 1 N–H and O–H groups in total. The fraction of sp³-hybridized carbons (Fsp3) is 0.350. The topological polar surface area (TPSA) is 29.1 Å². The zero-order valence-electron chi connectivity index (χ0n) is 13.2. The van der Waals surface area contributed by atoms with Gasteiger partial charge in [0.05, 0.1) is 5.41 Å². The molecule has 2 aromatic rings. The van der Waals surface area contributed by atoms with Crippen molar-refractivity contribution < 1.29 is 4.79 Å². The summed E-state index contributed by atoms with van der Waals surface area (Å²) in [6.07, 6.45) is 5.32. The molecular weight excluding hydrogens is 306 g/mol. The maximum atomic E-state index is 13.0. The number of carbonyl (C=O) groups is 1. The van der Waals surface area contributed by atoms with Gasteiger partial charge < -0.3 is 5.32 Å². The van der Waals surface area contributed by atoms with Crippen molar-refractivity contribution >= 4 is 17.5 Å². The predicted molar refractivity (Wildman–Crippen MR) is 94.5 cm³/mol. The summed E-state index contributed by atoms with van der Waals surface area (Å²) in [4.78, 5) is 13.0. The van der Waals surface area contributed by atoms with Crippen LogP contribution in [-0.4, -0.2) is 5.91 Å². The van der Waals surface area contributed by atoms with E-state index in [-0.39, 0.29) is 11.3 Å². The van der Waals surface area contributed by atoms with E-state index in [2.05, 4.69) is 17.4 Å². The summed E-state index contributed by atoms with van der Waals surface area (Å²) in [5.74, 6) is 0.151. The normalized spacial score (nSPS) is 16.7. The average Bonchev–Trinajstić information content (AvgIpc) is 2.62. The SMILES string of the molecule is O=C(NCc1ccc(Cl)cc1)C1(c2ccccc2)CCCCC1. The van der Waals surface area contributed by atoms with E-state index >= 15 is 0 Å². The quantitative estimate of drug-likeness (QED) is 0.853. The molecule has 120 valence electrons. The van der Waals surface area contributed by atoms with E-state index in [1.54, 1.807) is 0 Å². The van der Waals surface area contributed by atoms with Crippen LogP contribution in [0.2, 0.25) is 5.02 Å². The van der Waals surface area contributed by atoms with Gasteiger partial charge in [0, 0.05) is 11.6 Å². The van der Waals surface area contributed by atoms with Gasteiger partial charge in [-0.2, -0.15) is 0 Å². The Hall–Kier alpha value is -1.80. The molecule has 0 saturated heterocycles. The van der Waals surface area contributed by atoms with Gasteiger partial charge in [0.2, 0.25) is 5.91 Å². The third-order valence-electron chi connectivity index (χ3n) is 4.83. The van der Waals surface area contributed by atoms with E-state index in [4.69, 9.17) is 11.6 Å². The Morgan fingerprint density at radius 3 is 2.26 bits per heavy atom. The number of halogens is 1. The largest absolute Gasteiger partial charge is 0.351 e. The third kappa shape index (κ3) is 3.59. The molecule has 0 atom stereocenters. The summed E-state index contributed by atoms with van der Waals surface area (Å²) < 4.78 is 0. The highest BCUT2D eigenvalue weighted by Gasteiger charge is 2.40. The molecule has 1 aliphatic rings. The lowest BCUT2D eigenvalue weighted by Crippen LogP contribution is -2.45. The van der Waals surface area contributed by atoms with Crippen molar-refractivity contribution in [1.82, 2.24) is 5.32 Å².